The number of non-ortho nitro benzene ring substituents is 1. The number of hydrogen-bond acceptors (Lipinski definition) is 4. The molecule has 4 rings (SSSR count). The summed E-state index contributed by atoms with van der Waals surface area (Å²) in [6.45, 7) is 0. The topological polar surface area (TPSA) is 60.4 Å². The average molecular weight is 444 g/mol. The van der Waals surface area contributed by atoms with Gasteiger partial charge in [-0.05, 0) is 25.0 Å². The quantitative estimate of drug-likeness (QED) is 0.324. The van der Waals surface area contributed by atoms with Gasteiger partial charge in [0.1, 0.15) is 11.5 Å². The van der Waals surface area contributed by atoms with E-state index in [9.17, 15) is 18.9 Å². The Hall–Kier alpha value is -2.87. The molecule has 0 atom stereocenters. The fraction of sp³-hybridized carbons (Fsp3) is 0.348. The van der Waals surface area contributed by atoms with Gasteiger partial charge in [-0.25, -0.2) is 13.8 Å². The van der Waals surface area contributed by atoms with Crippen molar-refractivity contribution in [2.45, 2.75) is 51.0 Å². The van der Waals surface area contributed by atoms with Gasteiger partial charge in [0.25, 0.3) is 5.69 Å². The van der Waals surface area contributed by atoms with Crippen molar-refractivity contribution < 1.29 is 13.7 Å². The van der Waals surface area contributed by atoms with Gasteiger partial charge in [0.15, 0.2) is 10.6 Å². The van der Waals surface area contributed by atoms with E-state index < -0.39 is 16.6 Å². The van der Waals surface area contributed by atoms with Crippen LogP contribution in [0, 0.1) is 21.7 Å². The average Bonchev–Trinajstić information content (AvgIpc) is 3.13. The van der Waals surface area contributed by atoms with Gasteiger partial charge in [0.05, 0.1) is 10.6 Å². The first-order valence-electron chi connectivity index (χ1n) is 10.5. The van der Waals surface area contributed by atoms with Crippen LogP contribution in [-0.4, -0.2) is 9.49 Å². The van der Waals surface area contributed by atoms with E-state index in [0.29, 0.717) is 4.80 Å². The Kier molecular flexibility index (Phi) is 6.56. The third kappa shape index (κ3) is 4.90. The maximum absolute atomic E-state index is 14.3. The maximum atomic E-state index is 14.3. The molecule has 0 N–H and O–H groups in total. The van der Waals surface area contributed by atoms with Crippen LogP contribution < -0.4 is 4.80 Å². The van der Waals surface area contributed by atoms with E-state index in [1.54, 1.807) is 12.1 Å². The number of benzene rings is 2. The fourth-order valence-corrected chi connectivity index (χ4v) is 5.09. The first kappa shape index (κ1) is 21.4. The van der Waals surface area contributed by atoms with Crippen molar-refractivity contribution in [3.63, 3.8) is 0 Å². The molecule has 8 heteroatoms. The summed E-state index contributed by atoms with van der Waals surface area (Å²) in [6.07, 6.45) is 7.70. The summed E-state index contributed by atoms with van der Waals surface area (Å²) in [5.41, 5.74) is 1.67. The van der Waals surface area contributed by atoms with Crippen LogP contribution in [0.5, 0.6) is 0 Å². The Balaban J connectivity index is 1.86. The van der Waals surface area contributed by atoms with Crippen LogP contribution in [0.15, 0.2) is 52.8 Å². The zero-order valence-electron chi connectivity index (χ0n) is 17.0. The Labute approximate surface area is 182 Å². The van der Waals surface area contributed by atoms with Gasteiger partial charge < -0.3 is 4.57 Å². The van der Waals surface area contributed by atoms with Crippen LogP contribution in [0.2, 0.25) is 0 Å². The van der Waals surface area contributed by atoms with Crippen molar-refractivity contribution in [2.24, 2.45) is 4.99 Å². The lowest BCUT2D eigenvalue weighted by molar-refractivity contribution is -0.384. The Morgan fingerprint density at radius 3 is 2.48 bits per heavy atom. The maximum Gasteiger partial charge on any atom is 0.270 e. The number of nitro groups is 1. The van der Waals surface area contributed by atoms with Crippen LogP contribution in [0.3, 0.4) is 0 Å². The summed E-state index contributed by atoms with van der Waals surface area (Å²) in [5, 5.41) is 13.2. The van der Waals surface area contributed by atoms with Crippen LogP contribution in [-0.2, 0) is 0 Å². The number of hydrogen-bond donors (Lipinski definition) is 0. The third-order valence-corrected chi connectivity index (χ3v) is 6.50. The van der Waals surface area contributed by atoms with Crippen molar-refractivity contribution in [2.75, 3.05) is 0 Å². The molecule has 0 spiro atoms. The summed E-state index contributed by atoms with van der Waals surface area (Å²) < 4.78 is 29.7. The van der Waals surface area contributed by atoms with E-state index in [-0.39, 0.29) is 17.4 Å². The molecule has 1 saturated carbocycles. The highest BCUT2D eigenvalue weighted by Crippen LogP contribution is 2.32. The molecular weight excluding hydrogens is 420 g/mol. The summed E-state index contributed by atoms with van der Waals surface area (Å²) >= 11 is 1.36. The lowest BCUT2D eigenvalue weighted by atomic mass is 9.96. The van der Waals surface area contributed by atoms with Crippen molar-refractivity contribution in [3.05, 3.63) is 74.4 Å². The summed E-state index contributed by atoms with van der Waals surface area (Å²) in [6, 6.07) is 10.1. The first-order chi connectivity index (χ1) is 15.0. The normalized spacial score (nSPS) is 16.1. The molecule has 3 aromatic rings. The number of rotatable bonds is 4. The van der Waals surface area contributed by atoms with E-state index in [1.165, 1.54) is 48.8 Å². The number of halogens is 2. The van der Waals surface area contributed by atoms with Crippen molar-refractivity contribution in [3.8, 4) is 11.3 Å². The van der Waals surface area contributed by atoms with E-state index >= 15 is 0 Å². The van der Waals surface area contributed by atoms with E-state index in [4.69, 9.17) is 0 Å². The van der Waals surface area contributed by atoms with E-state index in [2.05, 4.69) is 9.56 Å². The zero-order chi connectivity index (χ0) is 21.8. The molecule has 162 valence electrons. The molecule has 0 unspecified atom stereocenters. The van der Waals surface area contributed by atoms with Gasteiger partial charge in [0, 0.05) is 35.2 Å². The van der Waals surface area contributed by atoms with E-state index in [1.807, 2.05) is 11.4 Å². The minimum atomic E-state index is -0.713. The molecule has 1 fully saturated rings. The SMILES string of the molecule is O=[N+]([O-])c1cccc(-c2csc(=Nc3ccc(F)cc3F)n2C2CCCCCCC2)c1. The van der Waals surface area contributed by atoms with Gasteiger partial charge >= 0.3 is 0 Å². The lowest BCUT2D eigenvalue weighted by Crippen LogP contribution is -2.22. The second-order valence-electron chi connectivity index (χ2n) is 7.79. The first-order valence-corrected chi connectivity index (χ1v) is 11.4. The molecule has 1 aromatic heterocycles. The predicted octanol–water partition coefficient (Wildman–Crippen LogP) is 6.92. The molecule has 0 amide bonds. The fourth-order valence-electron chi connectivity index (χ4n) is 4.11. The van der Waals surface area contributed by atoms with E-state index in [0.717, 1.165) is 43.0 Å². The van der Waals surface area contributed by atoms with Gasteiger partial charge in [-0.15, -0.1) is 11.3 Å². The lowest BCUT2D eigenvalue weighted by Gasteiger charge is -2.23. The van der Waals surface area contributed by atoms with Gasteiger partial charge in [-0.1, -0.05) is 44.2 Å². The predicted molar refractivity (Wildman–Crippen MR) is 117 cm³/mol. The molecule has 5 nitrogen and oxygen atoms in total. The summed E-state index contributed by atoms with van der Waals surface area (Å²) in [4.78, 5) is 16.0. The molecule has 1 aliphatic rings. The molecule has 1 aliphatic carbocycles. The van der Waals surface area contributed by atoms with Gasteiger partial charge in [-0.3, -0.25) is 10.1 Å². The molecule has 0 bridgehead atoms. The van der Waals surface area contributed by atoms with Crippen LogP contribution in [0.4, 0.5) is 20.2 Å². The Morgan fingerprint density at radius 2 is 1.77 bits per heavy atom. The molecule has 0 radical (unpaired) electrons. The van der Waals surface area contributed by atoms with Gasteiger partial charge in [0.2, 0.25) is 0 Å². The smallest absolute Gasteiger partial charge is 0.270 e. The van der Waals surface area contributed by atoms with Crippen LogP contribution >= 0.6 is 11.3 Å². The summed E-state index contributed by atoms with van der Waals surface area (Å²) in [5.74, 6) is -1.36. The summed E-state index contributed by atoms with van der Waals surface area (Å²) in [7, 11) is 0. The molecule has 0 aliphatic heterocycles. The molecule has 1 heterocycles. The molecular formula is C23H23F2N3O2S. The second-order valence-corrected chi connectivity index (χ2v) is 8.62. The highest BCUT2D eigenvalue weighted by atomic mass is 32.1. The molecule has 2 aromatic carbocycles. The number of thiazole rings is 1. The van der Waals surface area contributed by atoms with Crippen molar-refractivity contribution in [1.82, 2.24) is 4.57 Å². The standard InChI is InChI=1S/C23H23F2N3O2S/c24-17-11-12-21(20(25)14-17)26-23-27(18-8-4-2-1-3-5-9-18)22(15-31-23)16-7-6-10-19(13-16)28(29)30/h6-7,10-15,18H,1-5,8-9H2. The van der Waals surface area contributed by atoms with Crippen molar-refractivity contribution in [1.29, 1.82) is 0 Å². The monoisotopic (exact) mass is 443 g/mol. The highest BCUT2D eigenvalue weighted by molar-refractivity contribution is 7.07. The zero-order valence-corrected chi connectivity index (χ0v) is 17.8. The number of aromatic nitrogens is 1. The Morgan fingerprint density at radius 1 is 1.03 bits per heavy atom. The Bertz CT molecular complexity index is 1150. The minimum absolute atomic E-state index is 0.0241. The van der Waals surface area contributed by atoms with Crippen molar-refractivity contribution >= 4 is 22.7 Å². The number of nitro benzene ring substituents is 1. The second kappa shape index (κ2) is 9.51. The number of nitrogens with zero attached hydrogens (tertiary/aromatic N) is 3. The largest absolute Gasteiger partial charge is 0.313 e. The third-order valence-electron chi connectivity index (χ3n) is 5.66. The molecule has 0 saturated heterocycles. The van der Waals surface area contributed by atoms with Crippen LogP contribution in [0.25, 0.3) is 11.3 Å². The van der Waals surface area contributed by atoms with Gasteiger partial charge in [-0.2, -0.15) is 0 Å². The highest BCUT2D eigenvalue weighted by Gasteiger charge is 2.20. The van der Waals surface area contributed by atoms with Crippen LogP contribution in [0.1, 0.15) is 51.0 Å². The molecule has 31 heavy (non-hydrogen) atoms. The minimum Gasteiger partial charge on any atom is -0.313 e.